The number of carbonyl (C=O) groups excluding carboxylic acids is 1. The van der Waals surface area contributed by atoms with Crippen molar-refractivity contribution in [3.8, 4) is 5.69 Å². The van der Waals surface area contributed by atoms with Crippen LogP contribution < -0.4 is 0 Å². The lowest BCUT2D eigenvalue weighted by atomic mass is 10.2. The minimum absolute atomic E-state index is 0.141. The van der Waals surface area contributed by atoms with E-state index in [9.17, 15) is 9.59 Å². The van der Waals surface area contributed by atoms with Crippen LogP contribution in [0.15, 0.2) is 36.7 Å². The molecule has 3 rings (SSSR count). The molecular weight excluding hydrogens is 296 g/mol. The van der Waals surface area contributed by atoms with Gasteiger partial charge in [-0.3, -0.25) is 9.36 Å². The zero-order valence-corrected chi connectivity index (χ0v) is 12.6. The molecule has 7 nitrogen and oxygen atoms in total. The van der Waals surface area contributed by atoms with Gasteiger partial charge >= 0.3 is 5.97 Å². The van der Waals surface area contributed by atoms with Gasteiger partial charge < -0.3 is 10.0 Å². The number of aliphatic carboxylic acids is 1. The van der Waals surface area contributed by atoms with Gasteiger partial charge in [-0.25, -0.2) is 4.79 Å². The maximum absolute atomic E-state index is 12.3. The fraction of sp³-hybridized carbons (Fsp3) is 0.375. The molecule has 1 aromatic heterocycles. The van der Waals surface area contributed by atoms with Crippen molar-refractivity contribution in [3.05, 3.63) is 42.5 Å². The van der Waals surface area contributed by atoms with E-state index < -0.39 is 12.0 Å². The van der Waals surface area contributed by atoms with Crippen LogP contribution in [-0.4, -0.2) is 49.2 Å². The SMILES string of the molecule is O=C(O)[C@@H]1CCCN1C(=O)CCc1nncn1-c1ccccc1. The average molecular weight is 314 g/mol. The Hall–Kier alpha value is -2.70. The van der Waals surface area contributed by atoms with Gasteiger partial charge in [-0.05, 0) is 25.0 Å². The number of likely N-dealkylation sites (tertiary alicyclic amines) is 1. The van der Waals surface area contributed by atoms with Crippen LogP contribution in [0.2, 0.25) is 0 Å². The molecule has 1 amide bonds. The molecule has 0 spiro atoms. The molecule has 0 aliphatic carbocycles. The average Bonchev–Trinajstić information content (AvgIpc) is 3.22. The second-order valence-electron chi connectivity index (χ2n) is 5.54. The molecule has 0 bridgehead atoms. The molecule has 7 heteroatoms. The maximum Gasteiger partial charge on any atom is 0.326 e. The van der Waals surface area contributed by atoms with E-state index in [1.54, 1.807) is 6.33 Å². The Morgan fingerprint density at radius 1 is 1.26 bits per heavy atom. The zero-order valence-electron chi connectivity index (χ0n) is 12.6. The van der Waals surface area contributed by atoms with Gasteiger partial charge in [-0.15, -0.1) is 10.2 Å². The Bertz CT molecular complexity index is 698. The van der Waals surface area contributed by atoms with Crippen molar-refractivity contribution in [1.82, 2.24) is 19.7 Å². The highest BCUT2D eigenvalue weighted by Crippen LogP contribution is 2.19. The summed E-state index contributed by atoms with van der Waals surface area (Å²) >= 11 is 0. The number of aromatic nitrogens is 3. The lowest BCUT2D eigenvalue weighted by molar-refractivity contribution is -0.148. The second-order valence-corrected chi connectivity index (χ2v) is 5.54. The topological polar surface area (TPSA) is 88.3 Å². The van der Waals surface area contributed by atoms with Crippen molar-refractivity contribution in [1.29, 1.82) is 0 Å². The molecule has 1 aliphatic heterocycles. The normalized spacial score (nSPS) is 17.4. The Morgan fingerprint density at radius 2 is 2.04 bits per heavy atom. The summed E-state index contributed by atoms with van der Waals surface area (Å²) in [5.41, 5.74) is 0.935. The first kappa shape index (κ1) is 15.2. The first-order valence-electron chi connectivity index (χ1n) is 7.63. The highest BCUT2D eigenvalue weighted by molar-refractivity contribution is 5.84. The molecule has 120 valence electrons. The largest absolute Gasteiger partial charge is 0.480 e. The number of nitrogens with zero attached hydrogens (tertiary/aromatic N) is 4. The number of hydrogen-bond acceptors (Lipinski definition) is 4. The van der Waals surface area contributed by atoms with Crippen molar-refractivity contribution in [2.45, 2.75) is 31.7 Å². The Labute approximate surface area is 133 Å². The van der Waals surface area contributed by atoms with Gasteiger partial charge in [0, 0.05) is 25.1 Å². The quantitative estimate of drug-likeness (QED) is 0.898. The number of amides is 1. The van der Waals surface area contributed by atoms with E-state index in [-0.39, 0.29) is 12.3 Å². The van der Waals surface area contributed by atoms with Crippen molar-refractivity contribution in [2.24, 2.45) is 0 Å². The number of carboxylic acids is 1. The smallest absolute Gasteiger partial charge is 0.326 e. The standard InChI is InChI=1S/C16H18N4O3/c21-15(19-10-4-7-13(19)16(22)23)9-8-14-18-17-11-20(14)12-5-2-1-3-6-12/h1-3,5-6,11,13H,4,7-10H2,(H,22,23)/t13-/m0/s1. The predicted molar refractivity (Wildman–Crippen MR) is 82.1 cm³/mol. The van der Waals surface area contributed by atoms with Gasteiger partial charge in [0.1, 0.15) is 18.2 Å². The van der Waals surface area contributed by atoms with Gasteiger partial charge in [0.25, 0.3) is 0 Å². The summed E-state index contributed by atoms with van der Waals surface area (Å²) in [5.74, 6) is -0.378. The van der Waals surface area contributed by atoms with E-state index in [0.29, 0.717) is 25.2 Å². The van der Waals surface area contributed by atoms with E-state index in [0.717, 1.165) is 12.1 Å². The molecule has 1 aliphatic rings. The summed E-state index contributed by atoms with van der Waals surface area (Å²) in [5, 5.41) is 17.1. The molecule has 2 heterocycles. The fourth-order valence-corrected chi connectivity index (χ4v) is 2.92. The van der Waals surface area contributed by atoms with Crippen LogP contribution in [0.4, 0.5) is 0 Å². The maximum atomic E-state index is 12.3. The third-order valence-corrected chi connectivity index (χ3v) is 4.07. The zero-order chi connectivity index (χ0) is 16.2. The summed E-state index contributed by atoms with van der Waals surface area (Å²) in [4.78, 5) is 24.9. The fourth-order valence-electron chi connectivity index (χ4n) is 2.92. The summed E-state index contributed by atoms with van der Waals surface area (Å²) < 4.78 is 1.84. The van der Waals surface area contributed by atoms with Crippen molar-refractivity contribution < 1.29 is 14.7 Å². The molecule has 1 atom stereocenters. The molecule has 0 saturated carbocycles. The Kier molecular flexibility index (Phi) is 4.36. The van der Waals surface area contributed by atoms with Crippen LogP contribution in [0, 0.1) is 0 Å². The highest BCUT2D eigenvalue weighted by Gasteiger charge is 2.33. The number of carbonyl (C=O) groups is 2. The van der Waals surface area contributed by atoms with Crippen LogP contribution in [-0.2, 0) is 16.0 Å². The summed E-state index contributed by atoms with van der Waals surface area (Å²) in [7, 11) is 0. The number of aryl methyl sites for hydroxylation is 1. The van der Waals surface area contributed by atoms with Gasteiger partial charge in [0.2, 0.25) is 5.91 Å². The van der Waals surface area contributed by atoms with Gasteiger partial charge in [-0.1, -0.05) is 18.2 Å². The van der Waals surface area contributed by atoms with Crippen molar-refractivity contribution >= 4 is 11.9 Å². The number of rotatable bonds is 5. The molecule has 0 unspecified atom stereocenters. The Balaban J connectivity index is 1.66. The van der Waals surface area contributed by atoms with Crippen LogP contribution in [0.3, 0.4) is 0 Å². The Morgan fingerprint density at radius 3 is 2.78 bits per heavy atom. The lowest BCUT2D eigenvalue weighted by Gasteiger charge is -2.21. The number of para-hydroxylation sites is 1. The minimum atomic E-state index is -0.927. The van der Waals surface area contributed by atoms with Crippen LogP contribution >= 0.6 is 0 Å². The molecule has 2 aromatic rings. The third kappa shape index (κ3) is 3.23. The van der Waals surface area contributed by atoms with Crippen LogP contribution in [0.1, 0.15) is 25.1 Å². The van der Waals surface area contributed by atoms with Crippen LogP contribution in [0.25, 0.3) is 5.69 Å². The van der Waals surface area contributed by atoms with Crippen molar-refractivity contribution in [3.63, 3.8) is 0 Å². The molecule has 1 N–H and O–H groups in total. The third-order valence-electron chi connectivity index (χ3n) is 4.07. The van der Waals surface area contributed by atoms with Gasteiger partial charge in [0.05, 0.1) is 0 Å². The van der Waals surface area contributed by atoms with E-state index >= 15 is 0 Å². The first-order valence-corrected chi connectivity index (χ1v) is 7.63. The number of hydrogen-bond donors (Lipinski definition) is 1. The van der Waals surface area contributed by atoms with Gasteiger partial charge in [-0.2, -0.15) is 0 Å². The molecule has 23 heavy (non-hydrogen) atoms. The van der Waals surface area contributed by atoms with Gasteiger partial charge in [0.15, 0.2) is 0 Å². The monoisotopic (exact) mass is 314 g/mol. The van der Waals surface area contributed by atoms with E-state index in [4.69, 9.17) is 5.11 Å². The van der Waals surface area contributed by atoms with E-state index in [1.165, 1.54) is 4.90 Å². The molecule has 1 fully saturated rings. The lowest BCUT2D eigenvalue weighted by Crippen LogP contribution is -2.40. The molecule has 1 aromatic carbocycles. The first-order chi connectivity index (χ1) is 11.2. The van der Waals surface area contributed by atoms with Crippen LogP contribution in [0.5, 0.6) is 0 Å². The summed E-state index contributed by atoms with van der Waals surface area (Å²) in [6, 6.07) is 8.97. The van der Waals surface area contributed by atoms with Crippen molar-refractivity contribution in [2.75, 3.05) is 6.54 Å². The number of carboxylic acid groups (broad SMARTS) is 1. The van der Waals surface area contributed by atoms with E-state index in [1.807, 2.05) is 34.9 Å². The number of benzene rings is 1. The second kappa shape index (κ2) is 6.60. The highest BCUT2D eigenvalue weighted by atomic mass is 16.4. The van der Waals surface area contributed by atoms with E-state index in [2.05, 4.69) is 10.2 Å². The summed E-state index contributed by atoms with van der Waals surface area (Å²) in [6.45, 7) is 0.515. The molecule has 1 saturated heterocycles. The predicted octanol–water partition coefficient (Wildman–Crippen LogP) is 1.28. The summed E-state index contributed by atoms with van der Waals surface area (Å²) in [6.07, 6.45) is 3.54. The minimum Gasteiger partial charge on any atom is -0.480 e. The molecular formula is C16H18N4O3. The molecule has 0 radical (unpaired) electrons.